The average molecular weight is 487 g/mol. The van der Waals surface area contributed by atoms with Crippen molar-refractivity contribution in [2.45, 2.75) is 24.1 Å². The van der Waals surface area contributed by atoms with Crippen LogP contribution in [0.25, 0.3) is 22.4 Å². The summed E-state index contributed by atoms with van der Waals surface area (Å²) in [7, 11) is 7.05. The minimum atomic E-state index is -0.728. The average Bonchev–Trinajstić information content (AvgIpc) is 2.83. The highest BCUT2D eigenvalue weighted by Crippen LogP contribution is 2.34. The Morgan fingerprint density at radius 3 is 2.31 bits per heavy atom. The molecule has 4 rings (SSSR count). The van der Waals surface area contributed by atoms with Gasteiger partial charge in [-0.05, 0) is 47.9 Å². The Labute approximate surface area is 211 Å². The number of halogens is 2. The van der Waals surface area contributed by atoms with Crippen LogP contribution >= 0.6 is 0 Å². The number of piperidine rings is 1. The van der Waals surface area contributed by atoms with E-state index in [1.165, 1.54) is 31.4 Å². The van der Waals surface area contributed by atoms with Crippen LogP contribution in [0.3, 0.4) is 0 Å². The molecular formula is C24H26B3F2N5O2. The summed E-state index contributed by atoms with van der Waals surface area (Å²) in [6, 6.07) is 10.2. The van der Waals surface area contributed by atoms with Gasteiger partial charge >= 0.3 is 0 Å². The highest BCUT2D eigenvalue weighted by Gasteiger charge is 2.30. The van der Waals surface area contributed by atoms with Gasteiger partial charge in [0.2, 0.25) is 5.95 Å². The Balaban J connectivity index is 2.06. The van der Waals surface area contributed by atoms with Gasteiger partial charge < -0.3 is 15.4 Å². The molecule has 0 saturated carbocycles. The predicted molar refractivity (Wildman–Crippen MR) is 144 cm³/mol. The molecule has 1 aromatic heterocycles. The largest absolute Gasteiger partial charge is 0.494 e. The van der Waals surface area contributed by atoms with Crippen LogP contribution in [0.15, 0.2) is 41.2 Å². The van der Waals surface area contributed by atoms with Crippen LogP contribution < -0.4 is 20.9 Å². The zero-order chi connectivity index (χ0) is 26.2. The standard InChI is InChI=1S/C24H26B3F2N5O2/c1-36-19-5-4-13(10-18(19)29)20-21(14-2-3-15(12-30)17(28)11-14)32-23(33-8-6-16(31)7-9-33)34(22(20)35)24(25,26)27/h2-5,10-11,16H,6-9,25-27,31H2,1H3. The molecule has 2 N–H and O–H groups in total. The van der Waals surface area contributed by atoms with Crippen molar-refractivity contribution in [2.24, 2.45) is 5.73 Å². The van der Waals surface area contributed by atoms with Crippen LogP contribution in [0.4, 0.5) is 14.7 Å². The molecule has 1 saturated heterocycles. The van der Waals surface area contributed by atoms with E-state index in [0.717, 1.165) is 12.8 Å². The van der Waals surface area contributed by atoms with E-state index in [-0.39, 0.29) is 39.7 Å². The highest BCUT2D eigenvalue weighted by molar-refractivity contribution is 6.56. The zero-order valence-electron chi connectivity index (χ0n) is 20.8. The van der Waals surface area contributed by atoms with Gasteiger partial charge in [-0.3, -0.25) is 9.36 Å². The molecule has 1 aliphatic rings. The Hall–Kier alpha value is -3.58. The van der Waals surface area contributed by atoms with Gasteiger partial charge in [0.25, 0.3) is 5.56 Å². The van der Waals surface area contributed by atoms with E-state index in [1.807, 2.05) is 28.4 Å². The zero-order valence-corrected chi connectivity index (χ0v) is 20.8. The lowest BCUT2D eigenvalue weighted by Gasteiger charge is -2.36. The first-order valence-corrected chi connectivity index (χ1v) is 11.8. The second-order valence-electron chi connectivity index (χ2n) is 9.93. The summed E-state index contributed by atoms with van der Waals surface area (Å²) in [5, 5.41) is 8.51. The number of nitrogens with two attached hydrogens (primary N) is 1. The van der Waals surface area contributed by atoms with E-state index >= 15 is 0 Å². The van der Waals surface area contributed by atoms with E-state index in [0.29, 0.717) is 24.6 Å². The normalized spacial score (nSPS) is 14.5. The van der Waals surface area contributed by atoms with Crippen molar-refractivity contribution in [3.8, 4) is 34.2 Å². The Kier molecular flexibility index (Phi) is 6.96. The predicted octanol–water partition coefficient (Wildman–Crippen LogP) is 0.130. The summed E-state index contributed by atoms with van der Waals surface area (Å²) in [6.45, 7) is 1.22. The molecule has 0 aliphatic carbocycles. The van der Waals surface area contributed by atoms with Gasteiger partial charge in [-0.1, -0.05) is 12.1 Å². The maximum absolute atomic E-state index is 14.7. The molecule has 1 aliphatic heterocycles. The Morgan fingerprint density at radius 2 is 1.75 bits per heavy atom. The van der Waals surface area contributed by atoms with Gasteiger partial charge in [0.05, 0.1) is 23.9 Å². The molecule has 1 fully saturated rings. The number of methoxy groups -OCH3 is 1. The van der Waals surface area contributed by atoms with Crippen LogP contribution in [0, 0.1) is 23.0 Å². The molecule has 0 atom stereocenters. The van der Waals surface area contributed by atoms with Crippen LogP contribution in [0.2, 0.25) is 0 Å². The van der Waals surface area contributed by atoms with E-state index in [2.05, 4.69) is 0 Å². The van der Waals surface area contributed by atoms with Crippen molar-refractivity contribution in [3.05, 3.63) is 63.9 Å². The maximum atomic E-state index is 14.7. The third-order valence-electron chi connectivity index (χ3n) is 6.36. The van der Waals surface area contributed by atoms with E-state index in [1.54, 1.807) is 22.8 Å². The fourth-order valence-electron chi connectivity index (χ4n) is 4.47. The summed E-state index contributed by atoms with van der Waals surface area (Å²) in [6.07, 6.45) is 1.48. The molecule has 12 heteroatoms. The topological polar surface area (TPSA) is 97.2 Å². The summed E-state index contributed by atoms with van der Waals surface area (Å²) in [5.74, 6) is -0.885. The van der Waals surface area contributed by atoms with Gasteiger partial charge in [0, 0.05) is 24.7 Å². The van der Waals surface area contributed by atoms with Gasteiger partial charge in [0.15, 0.2) is 11.6 Å². The van der Waals surface area contributed by atoms with Gasteiger partial charge in [-0.15, -0.1) is 0 Å². The van der Waals surface area contributed by atoms with E-state index in [4.69, 9.17) is 20.7 Å². The number of anilines is 1. The summed E-state index contributed by atoms with van der Waals surface area (Å²) in [5.41, 5.74) is 6.54. The summed E-state index contributed by atoms with van der Waals surface area (Å²) >= 11 is 0. The third-order valence-corrected chi connectivity index (χ3v) is 6.36. The molecule has 0 unspecified atom stereocenters. The molecule has 0 spiro atoms. The monoisotopic (exact) mass is 487 g/mol. The SMILES string of the molecule is BC(B)(B)n1c(N2CCC(N)CC2)nc(-c2ccc(C#N)c(F)c2)c(-c2ccc(OC)c(F)c2)c1=O. The number of rotatable bonds is 5. The quantitative estimate of drug-likeness (QED) is 0.515. The van der Waals surface area contributed by atoms with Crippen LogP contribution in [-0.4, -0.2) is 59.3 Å². The number of hydrogen-bond acceptors (Lipinski definition) is 6. The highest BCUT2D eigenvalue weighted by atomic mass is 19.1. The van der Waals surface area contributed by atoms with Gasteiger partial charge in [-0.2, -0.15) is 5.26 Å². The molecule has 0 bridgehead atoms. The molecule has 2 heterocycles. The Morgan fingerprint density at radius 1 is 1.11 bits per heavy atom. The lowest BCUT2D eigenvalue weighted by atomic mass is 9.49. The van der Waals surface area contributed by atoms with Crippen molar-refractivity contribution in [3.63, 3.8) is 0 Å². The second-order valence-corrected chi connectivity index (χ2v) is 9.93. The lowest BCUT2D eigenvalue weighted by Crippen LogP contribution is -2.49. The minimum Gasteiger partial charge on any atom is -0.494 e. The molecule has 3 aromatic rings. The molecule has 36 heavy (non-hydrogen) atoms. The molecular weight excluding hydrogens is 461 g/mol. The maximum Gasteiger partial charge on any atom is 0.261 e. The molecule has 2 aromatic carbocycles. The fourth-order valence-corrected chi connectivity index (χ4v) is 4.47. The van der Waals surface area contributed by atoms with Crippen LogP contribution in [0.5, 0.6) is 5.75 Å². The van der Waals surface area contributed by atoms with Gasteiger partial charge in [-0.25, -0.2) is 13.8 Å². The summed E-state index contributed by atoms with van der Waals surface area (Å²) in [4.78, 5) is 21.1. The number of nitriles is 1. The van der Waals surface area contributed by atoms with Gasteiger partial charge in [0.1, 0.15) is 35.4 Å². The van der Waals surface area contributed by atoms with Crippen molar-refractivity contribution >= 4 is 29.5 Å². The molecule has 0 amide bonds. The van der Waals surface area contributed by atoms with Crippen molar-refractivity contribution < 1.29 is 13.5 Å². The first-order valence-electron chi connectivity index (χ1n) is 11.8. The van der Waals surface area contributed by atoms with Crippen molar-refractivity contribution in [1.29, 1.82) is 5.26 Å². The van der Waals surface area contributed by atoms with Crippen molar-refractivity contribution in [1.82, 2.24) is 9.55 Å². The Bertz CT molecular complexity index is 1410. The second kappa shape index (κ2) is 9.82. The first kappa shape index (κ1) is 25.5. The fraction of sp³-hybridized carbons (Fsp3) is 0.292. The molecule has 0 radical (unpaired) electrons. The number of aromatic nitrogens is 2. The first-order chi connectivity index (χ1) is 17.0. The molecule has 182 valence electrons. The number of nitrogens with zero attached hydrogens (tertiary/aromatic N) is 4. The van der Waals surface area contributed by atoms with Crippen LogP contribution in [-0.2, 0) is 5.24 Å². The molecule has 7 nitrogen and oxygen atoms in total. The van der Waals surface area contributed by atoms with Crippen LogP contribution in [0.1, 0.15) is 18.4 Å². The van der Waals surface area contributed by atoms with E-state index < -0.39 is 16.9 Å². The smallest absolute Gasteiger partial charge is 0.261 e. The lowest BCUT2D eigenvalue weighted by molar-refractivity contribution is 0.386. The number of benzene rings is 2. The van der Waals surface area contributed by atoms with Crippen molar-refractivity contribution in [2.75, 3.05) is 25.1 Å². The minimum absolute atomic E-state index is 0.0371. The summed E-state index contributed by atoms with van der Waals surface area (Å²) < 4.78 is 36.0. The number of hydrogen-bond donors (Lipinski definition) is 1. The third kappa shape index (κ3) is 4.76. The van der Waals surface area contributed by atoms with E-state index in [9.17, 15) is 13.6 Å². The number of ether oxygens (including phenoxy) is 1.